The first-order valence-electron chi connectivity index (χ1n) is 6.29. The van der Waals surface area contributed by atoms with E-state index in [1.807, 2.05) is 13.8 Å². The van der Waals surface area contributed by atoms with Crippen molar-refractivity contribution in [1.82, 2.24) is 10.2 Å². The zero-order valence-corrected chi connectivity index (χ0v) is 10.1. The number of rotatable bonds is 4. The molecule has 2 bridgehead atoms. The molecule has 2 saturated heterocycles. The lowest BCUT2D eigenvalue weighted by Gasteiger charge is -2.34. The highest BCUT2D eigenvalue weighted by Crippen LogP contribution is 2.27. The summed E-state index contributed by atoms with van der Waals surface area (Å²) in [4.78, 5) is 13.6. The second kappa shape index (κ2) is 4.72. The summed E-state index contributed by atoms with van der Waals surface area (Å²) in [5, 5.41) is 12.5. The average molecular weight is 226 g/mol. The van der Waals surface area contributed by atoms with Crippen LogP contribution in [0.15, 0.2) is 0 Å². The lowest BCUT2D eigenvalue weighted by atomic mass is 9.92. The van der Waals surface area contributed by atoms with Crippen LogP contribution in [0.25, 0.3) is 0 Å². The maximum atomic E-state index is 11.1. The van der Waals surface area contributed by atoms with E-state index in [9.17, 15) is 9.90 Å². The topological polar surface area (TPSA) is 52.6 Å². The van der Waals surface area contributed by atoms with Gasteiger partial charge in [-0.25, -0.2) is 0 Å². The Hall–Kier alpha value is -0.610. The van der Waals surface area contributed by atoms with Crippen molar-refractivity contribution in [3.05, 3.63) is 0 Å². The van der Waals surface area contributed by atoms with Crippen LogP contribution in [0.4, 0.5) is 0 Å². The quantitative estimate of drug-likeness (QED) is 0.744. The Bertz CT molecular complexity index is 268. The number of piperidine rings is 1. The van der Waals surface area contributed by atoms with Crippen LogP contribution in [-0.2, 0) is 4.79 Å². The molecule has 4 unspecified atom stereocenters. The molecular formula is C12H22N2O2. The van der Waals surface area contributed by atoms with E-state index >= 15 is 0 Å². The average Bonchev–Trinajstić information content (AvgIpc) is 2.59. The van der Waals surface area contributed by atoms with Gasteiger partial charge in [0.25, 0.3) is 0 Å². The van der Waals surface area contributed by atoms with Crippen molar-refractivity contribution in [3.63, 3.8) is 0 Å². The van der Waals surface area contributed by atoms with Crippen molar-refractivity contribution in [3.8, 4) is 0 Å². The molecule has 2 N–H and O–H groups in total. The Morgan fingerprint density at radius 2 is 2.06 bits per heavy atom. The van der Waals surface area contributed by atoms with Crippen LogP contribution < -0.4 is 5.32 Å². The van der Waals surface area contributed by atoms with Gasteiger partial charge in [0, 0.05) is 12.6 Å². The molecule has 2 rings (SSSR count). The van der Waals surface area contributed by atoms with Gasteiger partial charge in [-0.2, -0.15) is 0 Å². The Balaban J connectivity index is 1.94. The Morgan fingerprint density at radius 1 is 1.38 bits per heavy atom. The number of nitrogens with one attached hydrogen (secondary N) is 1. The summed E-state index contributed by atoms with van der Waals surface area (Å²) in [6.45, 7) is 7.41. The Kier molecular flexibility index (Phi) is 3.50. The van der Waals surface area contributed by atoms with Crippen LogP contribution in [0.1, 0.15) is 26.7 Å². The van der Waals surface area contributed by atoms with E-state index < -0.39 is 12.0 Å². The highest BCUT2D eigenvalue weighted by molar-refractivity contribution is 5.73. The van der Waals surface area contributed by atoms with Crippen molar-refractivity contribution < 1.29 is 9.90 Å². The number of carbonyl (C=O) groups is 1. The fraction of sp³-hybridized carbons (Fsp3) is 0.917. The number of carboxylic acids is 1. The molecule has 4 heteroatoms. The molecule has 92 valence electrons. The van der Waals surface area contributed by atoms with Crippen molar-refractivity contribution in [2.45, 2.75) is 38.8 Å². The van der Waals surface area contributed by atoms with Crippen LogP contribution in [-0.4, -0.2) is 47.7 Å². The molecule has 0 amide bonds. The molecule has 0 aromatic heterocycles. The van der Waals surface area contributed by atoms with Gasteiger partial charge >= 0.3 is 5.97 Å². The number of hydrogen-bond donors (Lipinski definition) is 2. The van der Waals surface area contributed by atoms with E-state index in [2.05, 4.69) is 10.2 Å². The van der Waals surface area contributed by atoms with E-state index in [-0.39, 0.29) is 5.92 Å². The van der Waals surface area contributed by atoms with Crippen LogP contribution in [0, 0.1) is 11.8 Å². The van der Waals surface area contributed by atoms with E-state index in [1.165, 1.54) is 13.0 Å². The number of aliphatic carboxylic acids is 1. The molecule has 0 radical (unpaired) electrons. The largest absolute Gasteiger partial charge is 0.480 e. The molecule has 2 heterocycles. The van der Waals surface area contributed by atoms with E-state index in [4.69, 9.17) is 0 Å². The van der Waals surface area contributed by atoms with Crippen LogP contribution >= 0.6 is 0 Å². The van der Waals surface area contributed by atoms with E-state index in [1.54, 1.807) is 0 Å². The van der Waals surface area contributed by atoms with Crippen LogP contribution in [0.3, 0.4) is 0 Å². The molecule has 2 fully saturated rings. The monoisotopic (exact) mass is 226 g/mol. The maximum absolute atomic E-state index is 11.1. The van der Waals surface area contributed by atoms with Gasteiger partial charge in [0.15, 0.2) is 0 Å². The maximum Gasteiger partial charge on any atom is 0.320 e. The first-order chi connectivity index (χ1) is 7.58. The van der Waals surface area contributed by atoms with Gasteiger partial charge in [0.2, 0.25) is 0 Å². The fourth-order valence-electron chi connectivity index (χ4n) is 2.95. The second-order valence-corrected chi connectivity index (χ2v) is 5.47. The minimum absolute atomic E-state index is 0.150. The SMILES string of the molecule is CC(C)C(NC1CCN2CCC1C2)C(=O)O. The molecule has 4 atom stereocenters. The predicted octanol–water partition coefficient (Wildman–Crippen LogP) is 0.779. The van der Waals surface area contributed by atoms with Gasteiger partial charge in [-0.05, 0) is 37.8 Å². The highest BCUT2D eigenvalue weighted by Gasteiger charge is 2.36. The molecular weight excluding hydrogens is 204 g/mol. The van der Waals surface area contributed by atoms with E-state index in [0.717, 1.165) is 19.5 Å². The van der Waals surface area contributed by atoms with Crippen molar-refractivity contribution in [2.75, 3.05) is 19.6 Å². The number of nitrogens with zero attached hydrogens (tertiary/aromatic N) is 1. The predicted molar refractivity (Wildman–Crippen MR) is 62.3 cm³/mol. The number of hydrogen-bond acceptors (Lipinski definition) is 3. The van der Waals surface area contributed by atoms with Gasteiger partial charge in [0.05, 0.1) is 0 Å². The first kappa shape index (κ1) is 11.9. The lowest BCUT2D eigenvalue weighted by molar-refractivity contribution is -0.141. The summed E-state index contributed by atoms with van der Waals surface area (Å²) in [5.74, 6) is 0.0988. The molecule has 0 aromatic carbocycles. The van der Waals surface area contributed by atoms with E-state index in [0.29, 0.717) is 12.0 Å². The standard InChI is InChI=1S/C12H22N2O2/c1-8(2)11(12(15)16)13-10-4-6-14-5-3-9(10)7-14/h8-11,13H,3-7H2,1-2H3,(H,15,16). The summed E-state index contributed by atoms with van der Waals surface area (Å²) >= 11 is 0. The number of carboxylic acid groups (broad SMARTS) is 1. The summed E-state index contributed by atoms with van der Waals surface area (Å²) in [6, 6.07) is 0.0133. The van der Waals surface area contributed by atoms with Crippen LogP contribution in [0.5, 0.6) is 0 Å². The summed E-state index contributed by atoms with van der Waals surface area (Å²) in [7, 11) is 0. The van der Waals surface area contributed by atoms with Crippen molar-refractivity contribution in [1.29, 1.82) is 0 Å². The minimum Gasteiger partial charge on any atom is -0.480 e. The second-order valence-electron chi connectivity index (χ2n) is 5.47. The molecule has 0 spiro atoms. The molecule has 0 aromatic rings. The van der Waals surface area contributed by atoms with Crippen molar-refractivity contribution in [2.24, 2.45) is 11.8 Å². The zero-order valence-electron chi connectivity index (χ0n) is 10.1. The smallest absolute Gasteiger partial charge is 0.320 e. The third-order valence-corrected chi connectivity index (χ3v) is 3.96. The first-order valence-corrected chi connectivity index (χ1v) is 6.29. The van der Waals surface area contributed by atoms with Gasteiger partial charge in [-0.3, -0.25) is 4.79 Å². The summed E-state index contributed by atoms with van der Waals surface area (Å²) in [5.41, 5.74) is 0. The third-order valence-electron chi connectivity index (χ3n) is 3.96. The van der Waals surface area contributed by atoms with Gasteiger partial charge < -0.3 is 15.3 Å². The normalized spacial score (nSPS) is 35.3. The Labute approximate surface area is 97.0 Å². The fourth-order valence-corrected chi connectivity index (χ4v) is 2.95. The molecule has 0 aliphatic carbocycles. The summed E-state index contributed by atoms with van der Waals surface area (Å²) < 4.78 is 0. The van der Waals surface area contributed by atoms with Gasteiger partial charge in [0.1, 0.15) is 6.04 Å². The third kappa shape index (κ3) is 2.38. The summed E-state index contributed by atoms with van der Waals surface area (Å²) in [6.07, 6.45) is 2.32. The van der Waals surface area contributed by atoms with Crippen molar-refractivity contribution >= 4 is 5.97 Å². The molecule has 2 aliphatic heterocycles. The molecule has 2 aliphatic rings. The zero-order chi connectivity index (χ0) is 11.7. The van der Waals surface area contributed by atoms with Crippen LogP contribution in [0.2, 0.25) is 0 Å². The Morgan fingerprint density at radius 3 is 2.69 bits per heavy atom. The molecule has 16 heavy (non-hydrogen) atoms. The van der Waals surface area contributed by atoms with Gasteiger partial charge in [-0.15, -0.1) is 0 Å². The van der Waals surface area contributed by atoms with Gasteiger partial charge in [-0.1, -0.05) is 13.8 Å². The molecule has 4 nitrogen and oxygen atoms in total. The minimum atomic E-state index is -0.713. The lowest BCUT2D eigenvalue weighted by Crippen LogP contribution is -2.52. The highest BCUT2D eigenvalue weighted by atomic mass is 16.4. The molecule has 0 saturated carbocycles. The number of fused-ring (bicyclic) bond motifs is 2.